The Morgan fingerprint density at radius 3 is 2.54 bits per heavy atom. The molecule has 0 unspecified atom stereocenters. The molecule has 0 aliphatic rings. The average Bonchev–Trinajstić information content (AvgIpc) is 3.16. The molecular formula is C19H20N4O. The summed E-state index contributed by atoms with van der Waals surface area (Å²) in [5.41, 5.74) is 3.16. The standard InChI is InChI=1S/C19H20N4O/c1-15(22-19(24)21-13-16-5-3-2-4-6-16)17-7-9-18(10-8-17)23-12-11-20-14-23/h2-12,14-15H,13H2,1H3,(H2,21,22,24)/t15-/m1/s1. The summed E-state index contributed by atoms with van der Waals surface area (Å²) >= 11 is 0. The molecule has 0 saturated carbocycles. The molecule has 2 aromatic carbocycles. The second-order valence-corrected chi connectivity index (χ2v) is 5.60. The van der Waals surface area contributed by atoms with Crippen molar-refractivity contribution in [2.45, 2.75) is 19.5 Å². The molecule has 2 N–H and O–H groups in total. The summed E-state index contributed by atoms with van der Waals surface area (Å²) in [4.78, 5) is 16.1. The highest BCUT2D eigenvalue weighted by atomic mass is 16.2. The van der Waals surface area contributed by atoms with Crippen LogP contribution < -0.4 is 10.6 Å². The number of hydrogen-bond donors (Lipinski definition) is 2. The highest BCUT2D eigenvalue weighted by Gasteiger charge is 2.09. The van der Waals surface area contributed by atoms with Gasteiger partial charge in [0.1, 0.15) is 0 Å². The van der Waals surface area contributed by atoms with Gasteiger partial charge in [-0.3, -0.25) is 0 Å². The predicted molar refractivity (Wildman–Crippen MR) is 93.8 cm³/mol. The number of hydrogen-bond acceptors (Lipinski definition) is 2. The molecule has 3 aromatic rings. The average molecular weight is 320 g/mol. The van der Waals surface area contributed by atoms with E-state index in [2.05, 4.69) is 15.6 Å². The topological polar surface area (TPSA) is 59.0 Å². The summed E-state index contributed by atoms with van der Waals surface area (Å²) in [5.74, 6) is 0. The number of nitrogens with one attached hydrogen (secondary N) is 2. The Morgan fingerprint density at radius 2 is 1.88 bits per heavy atom. The number of nitrogens with zero attached hydrogens (tertiary/aromatic N) is 2. The molecule has 3 rings (SSSR count). The molecule has 5 nitrogen and oxygen atoms in total. The smallest absolute Gasteiger partial charge is 0.315 e. The van der Waals surface area contributed by atoms with E-state index in [1.807, 2.05) is 72.3 Å². The maximum Gasteiger partial charge on any atom is 0.315 e. The number of carbonyl (C=O) groups is 1. The minimum absolute atomic E-state index is 0.0717. The normalized spacial score (nSPS) is 11.7. The number of amides is 2. The fourth-order valence-corrected chi connectivity index (χ4v) is 2.46. The number of urea groups is 1. The Balaban J connectivity index is 1.54. The largest absolute Gasteiger partial charge is 0.334 e. The molecule has 0 fully saturated rings. The number of benzene rings is 2. The van der Waals surface area contributed by atoms with Crippen LogP contribution in [0.4, 0.5) is 4.79 Å². The molecule has 0 saturated heterocycles. The summed E-state index contributed by atoms with van der Waals surface area (Å²) in [7, 11) is 0. The Hall–Kier alpha value is -3.08. The van der Waals surface area contributed by atoms with Crippen LogP contribution >= 0.6 is 0 Å². The van der Waals surface area contributed by atoms with Crippen molar-refractivity contribution in [3.05, 3.63) is 84.4 Å². The van der Waals surface area contributed by atoms with Crippen molar-refractivity contribution in [1.82, 2.24) is 20.2 Å². The number of aromatic nitrogens is 2. The second-order valence-electron chi connectivity index (χ2n) is 5.60. The zero-order valence-electron chi connectivity index (χ0n) is 13.5. The molecule has 2 amide bonds. The van der Waals surface area contributed by atoms with Gasteiger partial charge in [0.2, 0.25) is 0 Å². The van der Waals surface area contributed by atoms with Crippen molar-refractivity contribution in [3.8, 4) is 5.69 Å². The summed E-state index contributed by atoms with van der Waals surface area (Å²) in [5, 5.41) is 5.82. The third kappa shape index (κ3) is 4.01. The van der Waals surface area contributed by atoms with Crippen molar-refractivity contribution in [1.29, 1.82) is 0 Å². The van der Waals surface area contributed by atoms with Crippen LogP contribution in [0.3, 0.4) is 0 Å². The van der Waals surface area contributed by atoms with E-state index in [1.165, 1.54) is 0 Å². The number of carbonyl (C=O) groups excluding carboxylic acids is 1. The van der Waals surface area contributed by atoms with Gasteiger partial charge in [0.15, 0.2) is 0 Å². The lowest BCUT2D eigenvalue weighted by Crippen LogP contribution is -2.36. The first-order chi connectivity index (χ1) is 11.7. The van der Waals surface area contributed by atoms with Gasteiger partial charge in [0, 0.05) is 24.6 Å². The fraction of sp³-hybridized carbons (Fsp3) is 0.158. The van der Waals surface area contributed by atoms with Crippen molar-refractivity contribution in [3.63, 3.8) is 0 Å². The Bertz CT molecular complexity index is 767. The van der Waals surface area contributed by atoms with Crippen molar-refractivity contribution < 1.29 is 4.79 Å². The van der Waals surface area contributed by atoms with Crippen LogP contribution in [0.5, 0.6) is 0 Å². The Morgan fingerprint density at radius 1 is 1.12 bits per heavy atom. The molecule has 0 spiro atoms. The molecule has 0 aliphatic heterocycles. The zero-order valence-corrected chi connectivity index (χ0v) is 13.5. The van der Waals surface area contributed by atoms with E-state index < -0.39 is 0 Å². The molecular weight excluding hydrogens is 300 g/mol. The van der Waals surface area contributed by atoms with Crippen molar-refractivity contribution >= 4 is 6.03 Å². The van der Waals surface area contributed by atoms with E-state index in [0.717, 1.165) is 16.8 Å². The van der Waals surface area contributed by atoms with Crippen LogP contribution in [0.2, 0.25) is 0 Å². The molecule has 5 heteroatoms. The van der Waals surface area contributed by atoms with Gasteiger partial charge < -0.3 is 15.2 Å². The highest BCUT2D eigenvalue weighted by molar-refractivity contribution is 5.74. The minimum Gasteiger partial charge on any atom is -0.334 e. The predicted octanol–water partition coefficient (Wildman–Crippen LogP) is 3.43. The quantitative estimate of drug-likeness (QED) is 0.756. The third-order valence-electron chi connectivity index (χ3n) is 3.84. The van der Waals surface area contributed by atoms with Crippen LogP contribution in [0.25, 0.3) is 5.69 Å². The van der Waals surface area contributed by atoms with Crippen LogP contribution in [0.1, 0.15) is 24.1 Å². The maximum absolute atomic E-state index is 12.0. The fourth-order valence-electron chi connectivity index (χ4n) is 2.46. The first-order valence-corrected chi connectivity index (χ1v) is 7.89. The van der Waals surface area contributed by atoms with Gasteiger partial charge in [-0.25, -0.2) is 9.78 Å². The van der Waals surface area contributed by atoms with Gasteiger partial charge in [-0.2, -0.15) is 0 Å². The van der Waals surface area contributed by atoms with Gasteiger partial charge in [-0.05, 0) is 30.2 Å². The molecule has 0 aliphatic carbocycles. The van der Waals surface area contributed by atoms with Gasteiger partial charge in [0.25, 0.3) is 0 Å². The molecule has 24 heavy (non-hydrogen) atoms. The summed E-state index contributed by atoms with van der Waals surface area (Å²) in [6, 6.07) is 17.6. The Labute approximate surface area is 141 Å². The molecule has 122 valence electrons. The van der Waals surface area contributed by atoms with E-state index in [0.29, 0.717) is 6.54 Å². The van der Waals surface area contributed by atoms with E-state index in [1.54, 1.807) is 12.5 Å². The summed E-state index contributed by atoms with van der Waals surface area (Å²) < 4.78 is 1.94. The first kappa shape index (κ1) is 15.8. The first-order valence-electron chi connectivity index (χ1n) is 7.89. The van der Waals surface area contributed by atoms with Crippen molar-refractivity contribution in [2.24, 2.45) is 0 Å². The van der Waals surface area contributed by atoms with E-state index in [9.17, 15) is 4.79 Å². The van der Waals surface area contributed by atoms with Gasteiger partial charge in [0.05, 0.1) is 12.4 Å². The van der Waals surface area contributed by atoms with Crippen LogP contribution in [0, 0.1) is 0 Å². The lowest BCUT2D eigenvalue weighted by molar-refractivity contribution is 0.237. The van der Waals surface area contributed by atoms with Crippen LogP contribution in [-0.4, -0.2) is 15.6 Å². The molecule has 0 radical (unpaired) electrons. The van der Waals surface area contributed by atoms with E-state index in [4.69, 9.17) is 0 Å². The van der Waals surface area contributed by atoms with Gasteiger partial charge in [-0.1, -0.05) is 42.5 Å². The molecule has 1 atom stereocenters. The van der Waals surface area contributed by atoms with Crippen LogP contribution in [0.15, 0.2) is 73.3 Å². The van der Waals surface area contributed by atoms with Gasteiger partial charge >= 0.3 is 6.03 Å². The monoisotopic (exact) mass is 320 g/mol. The molecule has 1 aromatic heterocycles. The molecule has 0 bridgehead atoms. The lowest BCUT2D eigenvalue weighted by atomic mass is 10.1. The minimum atomic E-state index is -0.176. The van der Waals surface area contributed by atoms with Crippen molar-refractivity contribution in [2.75, 3.05) is 0 Å². The Kier molecular flexibility index (Phi) is 4.91. The number of imidazole rings is 1. The SMILES string of the molecule is C[C@@H](NC(=O)NCc1ccccc1)c1ccc(-n2ccnc2)cc1. The number of rotatable bonds is 5. The summed E-state index contributed by atoms with van der Waals surface area (Å²) in [6.07, 6.45) is 5.40. The molecule has 1 heterocycles. The third-order valence-corrected chi connectivity index (χ3v) is 3.84. The highest BCUT2D eigenvalue weighted by Crippen LogP contribution is 2.15. The maximum atomic E-state index is 12.0. The van der Waals surface area contributed by atoms with Crippen LogP contribution in [-0.2, 0) is 6.54 Å². The zero-order chi connectivity index (χ0) is 16.8. The van der Waals surface area contributed by atoms with Gasteiger partial charge in [-0.15, -0.1) is 0 Å². The lowest BCUT2D eigenvalue weighted by Gasteiger charge is -2.15. The second kappa shape index (κ2) is 7.46. The van der Waals surface area contributed by atoms with E-state index >= 15 is 0 Å². The summed E-state index contributed by atoms with van der Waals surface area (Å²) in [6.45, 7) is 2.48. The van der Waals surface area contributed by atoms with E-state index in [-0.39, 0.29) is 12.1 Å².